The smallest absolute Gasteiger partial charge is 0.515 e. The van der Waals surface area contributed by atoms with Gasteiger partial charge >= 0.3 is 12.1 Å². The van der Waals surface area contributed by atoms with Gasteiger partial charge in [-0.2, -0.15) is 4.79 Å². The lowest BCUT2D eigenvalue weighted by atomic mass is 10.4. The van der Waals surface area contributed by atoms with Gasteiger partial charge in [0.1, 0.15) is 0 Å². The molecular weight excluding hydrogens is 234 g/mol. The highest BCUT2D eigenvalue weighted by Crippen LogP contribution is 1.94. The maximum atomic E-state index is 10.8. The minimum absolute atomic E-state index is 0. The van der Waals surface area contributed by atoms with Crippen LogP contribution in [0.1, 0.15) is 13.8 Å². The van der Waals surface area contributed by atoms with Crippen molar-refractivity contribution in [1.29, 1.82) is 0 Å². The summed E-state index contributed by atoms with van der Waals surface area (Å²) < 4.78 is 4.97. The number of quaternary nitrogens is 1. The second-order valence-electron chi connectivity index (χ2n) is 3.80. The zero-order valence-corrected chi connectivity index (χ0v) is 11.2. The van der Waals surface area contributed by atoms with Crippen LogP contribution in [0, 0.1) is 0 Å². The Morgan fingerprint density at radius 2 is 1.62 bits per heavy atom. The molecular formula is C10H20ClNO4. The van der Waals surface area contributed by atoms with Gasteiger partial charge < -0.3 is 22.3 Å². The number of carbonyl (C=O) groups excluding carboxylic acids is 1. The molecule has 0 saturated carbocycles. The summed E-state index contributed by atoms with van der Waals surface area (Å²) in [6.45, 7) is 6.85. The fourth-order valence-electron chi connectivity index (χ4n) is 0.317. The highest BCUT2D eigenvalue weighted by molar-refractivity contribution is 5.84. The van der Waals surface area contributed by atoms with Crippen LogP contribution in [0.4, 0.5) is 4.79 Å². The monoisotopic (exact) mass is 253 g/mol. The third-order valence-corrected chi connectivity index (χ3v) is 1.18. The molecule has 0 aliphatic heterocycles. The van der Waals surface area contributed by atoms with Gasteiger partial charge in [-0.1, -0.05) is 6.58 Å². The Balaban J connectivity index is -0.000000214. The van der Waals surface area contributed by atoms with Crippen LogP contribution in [0.2, 0.25) is 0 Å². The Bertz CT molecular complexity index is 234. The molecule has 16 heavy (non-hydrogen) atoms. The predicted molar refractivity (Wildman–Crippen MR) is 57.5 cm³/mol. The van der Waals surface area contributed by atoms with Gasteiger partial charge in [0.05, 0.1) is 27.7 Å². The second kappa shape index (κ2) is 9.18. The molecule has 0 heterocycles. The van der Waals surface area contributed by atoms with Crippen LogP contribution in [-0.4, -0.2) is 49.4 Å². The van der Waals surface area contributed by atoms with Crippen LogP contribution in [0.3, 0.4) is 0 Å². The van der Waals surface area contributed by atoms with E-state index in [2.05, 4.69) is 6.58 Å². The summed E-state index contributed by atoms with van der Waals surface area (Å²) in [5, 5.41) is 7.89. The number of halogens is 1. The summed E-state index contributed by atoms with van der Waals surface area (Å²) in [4.78, 5) is 20.4. The molecule has 1 amide bonds. The highest BCUT2D eigenvalue weighted by Gasteiger charge is 2.21. The third kappa shape index (κ3) is 12.9. The molecule has 0 fully saturated rings. The number of ether oxygens (including phenoxy) is 1. The fraction of sp³-hybridized carbons (Fsp3) is 0.600. The van der Waals surface area contributed by atoms with E-state index in [0.717, 1.165) is 0 Å². The predicted octanol–water partition coefficient (Wildman–Crippen LogP) is -1.50. The van der Waals surface area contributed by atoms with Gasteiger partial charge in [-0.05, 0) is 13.8 Å². The van der Waals surface area contributed by atoms with Gasteiger partial charge in [-0.15, -0.1) is 0 Å². The van der Waals surface area contributed by atoms with E-state index in [1.165, 1.54) is 6.92 Å². The number of nitrogens with zero attached hydrogens (tertiary/aromatic N) is 1. The highest BCUT2D eigenvalue weighted by atomic mass is 35.5. The molecule has 0 aromatic carbocycles. The number of carboxylic acid groups (broad SMARTS) is 1. The molecule has 0 unspecified atom stereocenters. The van der Waals surface area contributed by atoms with Crippen LogP contribution < -0.4 is 12.4 Å². The fourth-order valence-corrected chi connectivity index (χ4v) is 0.317. The molecule has 96 valence electrons. The largest absolute Gasteiger partial charge is 1.00 e. The molecule has 0 aromatic rings. The first-order chi connectivity index (χ1) is 6.62. The van der Waals surface area contributed by atoms with Gasteiger partial charge in [0, 0.05) is 5.57 Å². The Hall–Kier alpha value is -1.07. The lowest BCUT2D eigenvalue weighted by Gasteiger charge is -2.18. The van der Waals surface area contributed by atoms with Crippen molar-refractivity contribution in [3.63, 3.8) is 0 Å². The van der Waals surface area contributed by atoms with E-state index in [0.29, 0.717) is 6.61 Å². The Kier molecular flexibility index (Phi) is 11.7. The number of carbonyl (C=O) groups is 2. The van der Waals surface area contributed by atoms with Gasteiger partial charge in [0.2, 0.25) is 0 Å². The number of rotatable bonds is 2. The van der Waals surface area contributed by atoms with Crippen molar-refractivity contribution in [2.45, 2.75) is 13.8 Å². The molecule has 0 bridgehead atoms. The standard InChI is InChI=1S/C6H14NO2.C4H6O2.ClH/c1-5-9-6(8)7(2,3)4;1-3(2)4(5)6;/h5H2,1-4H3;1H2,2H3,(H,5,6);1H/q+1;;/p-1. The maximum absolute atomic E-state index is 10.8. The SMILES string of the molecule is C=C(C)C(=O)O.CCOC(=O)[N+](C)(C)C.[Cl-]. The summed E-state index contributed by atoms with van der Waals surface area (Å²) in [6, 6.07) is 0. The van der Waals surface area contributed by atoms with E-state index in [4.69, 9.17) is 9.84 Å². The third-order valence-electron chi connectivity index (χ3n) is 1.18. The van der Waals surface area contributed by atoms with E-state index >= 15 is 0 Å². The van der Waals surface area contributed by atoms with Crippen LogP contribution in [-0.2, 0) is 9.53 Å². The first-order valence-corrected chi connectivity index (χ1v) is 4.50. The molecule has 0 rings (SSSR count). The summed E-state index contributed by atoms with van der Waals surface area (Å²) in [5.74, 6) is -0.935. The average molecular weight is 254 g/mol. The normalized spacial score (nSPS) is 9.06. The van der Waals surface area contributed by atoms with Gasteiger partial charge in [-0.3, -0.25) is 0 Å². The summed E-state index contributed by atoms with van der Waals surface area (Å²) >= 11 is 0. The van der Waals surface area contributed by atoms with Crippen molar-refractivity contribution < 1.29 is 36.3 Å². The van der Waals surface area contributed by atoms with Gasteiger partial charge in [0.15, 0.2) is 0 Å². The molecule has 0 atom stereocenters. The number of aliphatic carboxylic acids is 1. The van der Waals surface area contributed by atoms with E-state index in [-0.39, 0.29) is 28.6 Å². The second-order valence-corrected chi connectivity index (χ2v) is 3.80. The number of hydrogen-bond donors (Lipinski definition) is 1. The van der Waals surface area contributed by atoms with Crippen molar-refractivity contribution in [2.24, 2.45) is 0 Å². The van der Waals surface area contributed by atoms with Crippen LogP contribution in [0.5, 0.6) is 0 Å². The molecule has 0 spiro atoms. The summed E-state index contributed by atoms with van der Waals surface area (Å²) in [5.41, 5.74) is 0.176. The summed E-state index contributed by atoms with van der Waals surface area (Å²) in [7, 11) is 5.33. The van der Waals surface area contributed by atoms with Crippen molar-refractivity contribution in [3.05, 3.63) is 12.2 Å². The van der Waals surface area contributed by atoms with E-state index in [1.807, 2.05) is 0 Å². The Morgan fingerprint density at radius 3 is 1.69 bits per heavy atom. The number of carboxylic acids is 1. The molecule has 6 heteroatoms. The zero-order valence-electron chi connectivity index (χ0n) is 10.4. The minimum Gasteiger partial charge on any atom is -1.00 e. The lowest BCUT2D eigenvalue weighted by Crippen LogP contribution is -3.00. The van der Waals surface area contributed by atoms with E-state index in [9.17, 15) is 9.59 Å². The molecule has 0 aliphatic carbocycles. The number of hydrogen-bond acceptors (Lipinski definition) is 3. The topological polar surface area (TPSA) is 63.6 Å². The molecule has 0 radical (unpaired) electrons. The molecule has 0 aromatic heterocycles. The van der Waals surface area contributed by atoms with Crippen LogP contribution in [0.25, 0.3) is 0 Å². The van der Waals surface area contributed by atoms with E-state index in [1.54, 1.807) is 28.1 Å². The average Bonchev–Trinajstić information content (AvgIpc) is 2.03. The zero-order chi connectivity index (χ0) is 12.6. The number of amides is 1. The van der Waals surface area contributed by atoms with Gasteiger partial charge in [0.25, 0.3) is 0 Å². The van der Waals surface area contributed by atoms with E-state index < -0.39 is 5.97 Å². The van der Waals surface area contributed by atoms with Crippen LogP contribution in [0.15, 0.2) is 12.2 Å². The minimum atomic E-state index is -0.935. The lowest BCUT2D eigenvalue weighted by molar-refractivity contribution is -0.795. The maximum Gasteiger partial charge on any atom is 0.515 e. The van der Waals surface area contributed by atoms with Crippen molar-refractivity contribution in [1.82, 2.24) is 0 Å². The van der Waals surface area contributed by atoms with Gasteiger partial charge in [-0.25, -0.2) is 9.28 Å². The van der Waals surface area contributed by atoms with Crippen molar-refractivity contribution >= 4 is 12.1 Å². The van der Waals surface area contributed by atoms with Crippen LogP contribution >= 0.6 is 0 Å². The first kappa shape index (κ1) is 20.4. The molecule has 1 N–H and O–H groups in total. The molecule has 0 aliphatic rings. The van der Waals surface area contributed by atoms with Crippen molar-refractivity contribution in [3.8, 4) is 0 Å². The molecule has 5 nitrogen and oxygen atoms in total. The summed E-state index contributed by atoms with van der Waals surface area (Å²) in [6.07, 6.45) is -0.197. The first-order valence-electron chi connectivity index (χ1n) is 4.50. The van der Waals surface area contributed by atoms with Crippen molar-refractivity contribution in [2.75, 3.05) is 27.7 Å². The Labute approximate surface area is 103 Å². The quantitative estimate of drug-likeness (QED) is 0.481. The molecule has 0 saturated heterocycles. The Morgan fingerprint density at radius 1 is 1.31 bits per heavy atom.